The Morgan fingerprint density at radius 2 is 1.80 bits per heavy atom. The van der Waals surface area contributed by atoms with Gasteiger partial charge in [-0.2, -0.15) is 0 Å². The van der Waals surface area contributed by atoms with Gasteiger partial charge in [0.05, 0.1) is 6.42 Å². The van der Waals surface area contributed by atoms with E-state index in [4.69, 9.17) is 5.11 Å². The van der Waals surface area contributed by atoms with Crippen LogP contribution < -0.4 is 5.32 Å². The lowest BCUT2D eigenvalue weighted by molar-refractivity contribution is -0.139. The fourth-order valence-electron chi connectivity index (χ4n) is 1.92. The molecule has 0 heterocycles. The zero-order valence-electron chi connectivity index (χ0n) is 9.16. The molecular weight excluding hydrogens is 194 g/mol. The summed E-state index contributed by atoms with van der Waals surface area (Å²) in [5.74, 6) is -0.281. The van der Waals surface area contributed by atoms with Crippen molar-refractivity contribution >= 4 is 11.9 Å². The first kappa shape index (κ1) is 12.0. The first-order valence-corrected chi connectivity index (χ1v) is 5.59. The summed E-state index contributed by atoms with van der Waals surface area (Å²) in [5, 5.41) is 11.3. The lowest BCUT2D eigenvalue weighted by Gasteiger charge is -2.26. The highest BCUT2D eigenvalue weighted by Gasteiger charge is 2.19. The summed E-state index contributed by atoms with van der Waals surface area (Å²) in [7, 11) is 0. The predicted molar refractivity (Wildman–Crippen MR) is 56.4 cm³/mol. The molecule has 0 aliphatic heterocycles. The van der Waals surface area contributed by atoms with Crippen LogP contribution in [0.1, 0.15) is 45.4 Å². The molecule has 0 spiro atoms. The van der Waals surface area contributed by atoms with Gasteiger partial charge >= 0.3 is 5.97 Å². The lowest BCUT2D eigenvalue weighted by atomic mass is 9.87. The summed E-state index contributed by atoms with van der Waals surface area (Å²) in [5.41, 5.74) is 0. The summed E-state index contributed by atoms with van der Waals surface area (Å²) in [6.45, 7) is 2.22. The number of carbonyl (C=O) groups excluding carboxylic acids is 1. The molecule has 2 N–H and O–H groups in total. The van der Waals surface area contributed by atoms with Crippen LogP contribution in [0.15, 0.2) is 0 Å². The van der Waals surface area contributed by atoms with E-state index < -0.39 is 5.97 Å². The second kappa shape index (κ2) is 5.73. The van der Waals surface area contributed by atoms with Crippen LogP contribution in [0, 0.1) is 5.92 Å². The van der Waals surface area contributed by atoms with Crippen molar-refractivity contribution in [2.75, 3.05) is 0 Å². The highest BCUT2D eigenvalue weighted by Crippen LogP contribution is 2.23. The van der Waals surface area contributed by atoms with Gasteiger partial charge in [0.1, 0.15) is 0 Å². The minimum atomic E-state index is -0.914. The van der Waals surface area contributed by atoms with Crippen molar-refractivity contribution in [1.82, 2.24) is 5.32 Å². The summed E-state index contributed by atoms with van der Waals surface area (Å²) in [4.78, 5) is 21.6. The van der Waals surface area contributed by atoms with Crippen molar-refractivity contribution in [2.24, 2.45) is 5.92 Å². The molecule has 4 nitrogen and oxygen atoms in total. The molecule has 0 aromatic rings. The van der Waals surface area contributed by atoms with Gasteiger partial charge < -0.3 is 10.4 Å². The predicted octanol–water partition coefficient (Wildman–Crippen LogP) is 1.55. The van der Waals surface area contributed by atoms with E-state index in [0.717, 1.165) is 31.6 Å². The van der Waals surface area contributed by atoms with E-state index >= 15 is 0 Å². The van der Waals surface area contributed by atoms with E-state index in [2.05, 4.69) is 12.2 Å². The average molecular weight is 213 g/mol. The maximum Gasteiger partial charge on any atom is 0.303 e. The molecule has 0 atom stereocenters. The second-order valence-corrected chi connectivity index (χ2v) is 4.42. The molecule has 0 aromatic heterocycles. The Bertz CT molecular complexity index is 232. The van der Waals surface area contributed by atoms with Crippen molar-refractivity contribution in [1.29, 1.82) is 0 Å². The molecule has 0 bridgehead atoms. The average Bonchev–Trinajstić information content (AvgIpc) is 2.19. The van der Waals surface area contributed by atoms with Gasteiger partial charge in [0.15, 0.2) is 0 Å². The highest BCUT2D eigenvalue weighted by atomic mass is 16.4. The molecule has 15 heavy (non-hydrogen) atoms. The molecule has 0 unspecified atom stereocenters. The molecule has 1 aliphatic carbocycles. The topological polar surface area (TPSA) is 66.4 Å². The fourth-order valence-corrected chi connectivity index (χ4v) is 1.92. The van der Waals surface area contributed by atoms with Crippen LogP contribution in [0.5, 0.6) is 0 Å². The molecule has 1 rings (SSSR count). The Hall–Kier alpha value is -1.06. The Morgan fingerprint density at radius 1 is 1.20 bits per heavy atom. The Morgan fingerprint density at radius 3 is 2.33 bits per heavy atom. The van der Waals surface area contributed by atoms with Gasteiger partial charge in [-0.1, -0.05) is 6.92 Å². The first-order valence-electron chi connectivity index (χ1n) is 5.59. The number of carbonyl (C=O) groups is 2. The zero-order valence-corrected chi connectivity index (χ0v) is 9.16. The van der Waals surface area contributed by atoms with Gasteiger partial charge in [-0.05, 0) is 31.6 Å². The van der Waals surface area contributed by atoms with E-state index in [0.29, 0.717) is 0 Å². The van der Waals surface area contributed by atoms with Crippen LogP contribution in [0.4, 0.5) is 0 Å². The SMILES string of the molecule is CC1CCC(NC(=O)CCC(=O)O)CC1. The zero-order chi connectivity index (χ0) is 11.3. The van der Waals surface area contributed by atoms with Crippen molar-refractivity contribution in [3.8, 4) is 0 Å². The first-order chi connectivity index (χ1) is 7.08. The van der Waals surface area contributed by atoms with Crippen LogP contribution in [0.2, 0.25) is 0 Å². The van der Waals surface area contributed by atoms with Crippen molar-refractivity contribution < 1.29 is 14.7 Å². The van der Waals surface area contributed by atoms with E-state index in [1.807, 2.05) is 0 Å². The summed E-state index contributed by atoms with van der Waals surface area (Å²) >= 11 is 0. The number of carboxylic acids is 1. The Labute approximate surface area is 90.0 Å². The molecule has 4 heteroatoms. The highest BCUT2D eigenvalue weighted by molar-refractivity contribution is 5.80. The molecule has 0 saturated heterocycles. The number of hydrogen-bond acceptors (Lipinski definition) is 2. The number of hydrogen-bond donors (Lipinski definition) is 2. The van der Waals surface area contributed by atoms with Crippen molar-refractivity contribution in [2.45, 2.75) is 51.5 Å². The van der Waals surface area contributed by atoms with Crippen LogP contribution in [-0.2, 0) is 9.59 Å². The van der Waals surface area contributed by atoms with Gasteiger partial charge in [0.25, 0.3) is 0 Å². The minimum absolute atomic E-state index is 0.0744. The molecule has 1 saturated carbocycles. The minimum Gasteiger partial charge on any atom is -0.481 e. The van der Waals surface area contributed by atoms with Gasteiger partial charge in [0.2, 0.25) is 5.91 Å². The lowest BCUT2D eigenvalue weighted by Crippen LogP contribution is -2.37. The summed E-state index contributed by atoms with van der Waals surface area (Å²) in [6.07, 6.45) is 4.39. The number of carboxylic acid groups (broad SMARTS) is 1. The number of nitrogens with one attached hydrogen (secondary N) is 1. The smallest absolute Gasteiger partial charge is 0.303 e. The molecule has 1 aliphatic rings. The standard InChI is InChI=1S/C11H19NO3/c1-8-2-4-9(5-3-8)12-10(13)6-7-11(14)15/h8-9H,2-7H2,1H3,(H,12,13)(H,14,15). The largest absolute Gasteiger partial charge is 0.481 e. The Kier molecular flexibility index (Phi) is 4.59. The van der Waals surface area contributed by atoms with Crippen LogP contribution >= 0.6 is 0 Å². The molecular formula is C11H19NO3. The normalized spacial score (nSPS) is 25.9. The third-order valence-corrected chi connectivity index (χ3v) is 2.95. The third-order valence-electron chi connectivity index (χ3n) is 2.95. The Balaban J connectivity index is 2.17. The van der Waals surface area contributed by atoms with Crippen molar-refractivity contribution in [3.63, 3.8) is 0 Å². The van der Waals surface area contributed by atoms with Crippen LogP contribution in [0.3, 0.4) is 0 Å². The molecule has 0 radical (unpaired) electrons. The van der Waals surface area contributed by atoms with Crippen molar-refractivity contribution in [3.05, 3.63) is 0 Å². The second-order valence-electron chi connectivity index (χ2n) is 4.42. The number of amides is 1. The maximum absolute atomic E-state index is 11.3. The van der Waals surface area contributed by atoms with E-state index in [1.54, 1.807) is 0 Å². The number of rotatable bonds is 4. The molecule has 0 aromatic carbocycles. The molecule has 1 amide bonds. The van der Waals surface area contributed by atoms with Crippen LogP contribution in [-0.4, -0.2) is 23.0 Å². The van der Waals surface area contributed by atoms with Gasteiger partial charge in [-0.15, -0.1) is 0 Å². The maximum atomic E-state index is 11.3. The molecule has 1 fully saturated rings. The van der Waals surface area contributed by atoms with Gasteiger partial charge in [-0.25, -0.2) is 0 Å². The van der Waals surface area contributed by atoms with Crippen LogP contribution in [0.25, 0.3) is 0 Å². The van der Waals surface area contributed by atoms with E-state index in [1.165, 1.54) is 0 Å². The number of aliphatic carboxylic acids is 1. The third kappa shape index (κ3) is 4.81. The van der Waals surface area contributed by atoms with Gasteiger partial charge in [0, 0.05) is 12.5 Å². The van der Waals surface area contributed by atoms with E-state index in [9.17, 15) is 9.59 Å². The molecule has 86 valence electrons. The summed E-state index contributed by atoms with van der Waals surface area (Å²) in [6, 6.07) is 0.266. The summed E-state index contributed by atoms with van der Waals surface area (Å²) < 4.78 is 0. The quantitative estimate of drug-likeness (QED) is 0.744. The fraction of sp³-hybridized carbons (Fsp3) is 0.818. The van der Waals surface area contributed by atoms with E-state index in [-0.39, 0.29) is 24.8 Å². The van der Waals surface area contributed by atoms with Gasteiger partial charge in [-0.3, -0.25) is 9.59 Å². The monoisotopic (exact) mass is 213 g/mol.